The molecule has 116 valence electrons. The second kappa shape index (κ2) is 7.78. The van der Waals surface area contributed by atoms with Crippen molar-refractivity contribution in [2.75, 3.05) is 33.0 Å². The Morgan fingerprint density at radius 3 is 2.48 bits per heavy atom. The Kier molecular flexibility index (Phi) is 6.37. The molecule has 0 bridgehead atoms. The van der Waals surface area contributed by atoms with E-state index in [9.17, 15) is 9.59 Å². The molecule has 0 aromatic heterocycles. The summed E-state index contributed by atoms with van der Waals surface area (Å²) in [5.74, 6) is -0.0546. The first kappa shape index (κ1) is 17.2. The van der Waals surface area contributed by atoms with Crippen LogP contribution in [0.4, 0.5) is 5.69 Å². The highest BCUT2D eigenvalue weighted by Crippen LogP contribution is 2.14. The summed E-state index contributed by atoms with van der Waals surface area (Å²) in [6.07, 6.45) is 0.870. The lowest BCUT2D eigenvalue weighted by molar-refractivity contribution is -0.886. The molecule has 0 aliphatic carbocycles. The first-order valence-electron chi connectivity index (χ1n) is 7.28. The van der Waals surface area contributed by atoms with Crippen LogP contribution in [0.2, 0.25) is 0 Å². The number of quaternary nitrogens is 1. The zero-order valence-corrected chi connectivity index (χ0v) is 13.6. The maximum absolute atomic E-state index is 12.1. The molecule has 0 spiro atoms. The van der Waals surface area contributed by atoms with Crippen molar-refractivity contribution in [1.29, 1.82) is 0 Å². The van der Waals surface area contributed by atoms with E-state index >= 15 is 0 Å². The normalized spacial score (nSPS) is 13.4. The summed E-state index contributed by atoms with van der Waals surface area (Å²) in [6.45, 7) is 4.16. The van der Waals surface area contributed by atoms with Crippen molar-refractivity contribution in [2.45, 2.75) is 26.3 Å². The molecule has 1 unspecified atom stereocenters. The molecule has 0 saturated heterocycles. The van der Waals surface area contributed by atoms with E-state index in [1.807, 2.05) is 38.2 Å². The van der Waals surface area contributed by atoms with Gasteiger partial charge < -0.3 is 15.1 Å². The van der Waals surface area contributed by atoms with Crippen molar-refractivity contribution < 1.29 is 14.5 Å². The quantitative estimate of drug-likeness (QED) is 0.786. The fourth-order valence-electron chi connectivity index (χ4n) is 2.15. The number of hydrogen-bond acceptors (Lipinski definition) is 2. The number of nitrogens with zero attached hydrogens (tertiary/aromatic N) is 1. The highest BCUT2D eigenvalue weighted by atomic mass is 16.2. The van der Waals surface area contributed by atoms with Gasteiger partial charge in [0, 0.05) is 19.8 Å². The van der Waals surface area contributed by atoms with E-state index in [-0.39, 0.29) is 24.4 Å². The Bertz CT molecular complexity index is 500. The summed E-state index contributed by atoms with van der Waals surface area (Å²) < 4.78 is 0. The third-order valence-corrected chi connectivity index (χ3v) is 3.66. The fourth-order valence-corrected chi connectivity index (χ4v) is 2.15. The number of nitrogens with one attached hydrogen (secondary N) is 2. The molecule has 2 N–H and O–H groups in total. The Labute approximate surface area is 126 Å². The summed E-state index contributed by atoms with van der Waals surface area (Å²) in [4.78, 5) is 26.5. The molecule has 0 aliphatic rings. The van der Waals surface area contributed by atoms with Gasteiger partial charge in [0.05, 0.1) is 7.05 Å². The number of carbonyl (C=O) groups excluding carboxylic acids is 2. The molecule has 0 saturated carbocycles. The van der Waals surface area contributed by atoms with Crippen molar-refractivity contribution in [2.24, 2.45) is 0 Å². The zero-order chi connectivity index (χ0) is 16.0. The van der Waals surface area contributed by atoms with Crippen LogP contribution < -0.4 is 10.2 Å². The van der Waals surface area contributed by atoms with E-state index in [2.05, 4.69) is 12.2 Å². The summed E-state index contributed by atoms with van der Waals surface area (Å²) >= 11 is 0. The van der Waals surface area contributed by atoms with Crippen molar-refractivity contribution in [1.82, 2.24) is 4.90 Å². The zero-order valence-electron chi connectivity index (χ0n) is 13.6. The second-order valence-corrected chi connectivity index (χ2v) is 5.54. The Morgan fingerprint density at radius 2 is 1.90 bits per heavy atom. The van der Waals surface area contributed by atoms with E-state index in [1.165, 1.54) is 0 Å². The largest absolute Gasteiger partial charge is 0.344 e. The summed E-state index contributed by atoms with van der Waals surface area (Å²) in [5, 5.41) is 2.93. The van der Waals surface area contributed by atoms with Crippen LogP contribution in [0.5, 0.6) is 0 Å². The van der Waals surface area contributed by atoms with Gasteiger partial charge in [0.25, 0.3) is 11.8 Å². The fraction of sp³-hybridized carbons (Fsp3) is 0.500. The molecule has 0 aliphatic heterocycles. The van der Waals surface area contributed by atoms with Gasteiger partial charge in [0.2, 0.25) is 0 Å². The summed E-state index contributed by atoms with van der Waals surface area (Å²) in [6, 6.07) is 7.53. The molecular formula is C16H26N3O2+. The van der Waals surface area contributed by atoms with Gasteiger partial charge in [-0.1, -0.05) is 25.1 Å². The summed E-state index contributed by atoms with van der Waals surface area (Å²) in [7, 11) is 5.31. The topological polar surface area (TPSA) is 53.9 Å². The standard InChI is InChI=1S/C16H25N3O2/c1-6-13-9-7-8-10-14(13)17-15(20)11-19(5)12(2)16(21)18(3)4/h7-10,12H,6,11H2,1-5H3,(H,17,20)/p+1/t12-/m0/s1. The Balaban J connectivity index is 2.63. The number of carbonyl (C=O) groups is 2. The SMILES string of the molecule is CCc1ccccc1NC(=O)C[NH+](C)[C@@H](C)C(=O)N(C)C. The lowest BCUT2D eigenvalue weighted by Gasteiger charge is -2.23. The molecule has 1 rings (SSSR count). The van der Waals surface area contributed by atoms with Crippen LogP contribution in [0.15, 0.2) is 24.3 Å². The first-order valence-corrected chi connectivity index (χ1v) is 7.28. The molecule has 0 fully saturated rings. The smallest absolute Gasteiger partial charge is 0.280 e. The minimum Gasteiger partial charge on any atom is -0.344 e. The molecule has 1 aromatic carbocycles. The van der Waals surface area contributed by atoms with Crippen molar-refractivity contribution >= 4 is 17.5 Å². The van der Waals surface area contributed by atoms with Gasteiger partial charge in [-0.25, -0.2) is 0 Å². The van der Waals surface area contributed by atoms with E-state index in [0.717, 1.165) is 22.6 Å². The second-order valence-electron chi connectivity index (χ2n) is 5.54. The number of amides is 2. The van der Waals surface area contributed by atoms with E-state index < -0.39 is 0 Å². The maximum atomic E-state index is 12.1. The number of aryl methyl sites for hydroxylation is 1. The molecule has 1 aromatic rings. The third-order valence-electron chi connectivity index (χ3n) is 3.66. The van der Waals surface area contributed by atoms with Crippen LogP contribution in [0, 0.1) is 0 Å². The number of likely N-dealkylation sites (N-methyl/N-ethyl adjacent to an activating group) is 2. The van der Waals surface area contributed by atoms with Crippen LogP contribution >= 0.6 is 0 Å². The number of rotatable bonds is 6. The molecule has 0 radical (unpaired) electrons. The maximum Gasteiger partial charge on any atom is 0.280 e. The number of hydrogen-bond donors (Lipinski definition) is 2. The van der Waals surface area contributed by atoms with Crippen LogP contribution in [0.25, 0.3) is 0 Å². The first-order chi connectivity index (χ1) is 9.86. The molecule has 21 heavy (non-hydrogen) atoms. The van der Waals surface area contributed by atoms with Crippen LogP contribution in [0.1, 0.15) is 19.4 Å². The molecule has 5 heteroatoms. The van der Waals surface area contributed by atoms with Gasteiger partial charge in [-0.3, -0.25) is 9.59 Å². The predicted octanol–water partition coefficient (Wildman–Crippen LogP) is 0.179. The third kappa shape index (κ3) is 4.86. The summed E-state index contributed by atoms with van der Waals surface area (Å²) in [5.41, 5.74) is 1.96. The monoisotopic (exact) mass is 292 g/mol. The Morgan fingerprint density at radius 1 is 1.29 bits per heavy atom. The molecule has 5 nitrogen and oxygen atoms in total. The van der Waals surface area contributed by atoms with Crippen LogP contribution in [-0.4, -0.2) is 50.4 Å². The van der Waals surface area contributed by atoms with E-state index in [4.69, 9.17) is 0 Å². The van der Waals surface area contributed by atoms with E-state index in [1.54, 1.807) is 19.0 Å². The van der Waals surface area contributed by atoms with Gasteiger partial charge in [0.1, 0.15) is 0 Å². The lowest BCUT2D eigenvalue weighted by atomic mass is 10.1. The van der Waals surface area contributed by atoms with Gasteiger partial charge >= 0.3 is 0 Å². The lowest BCUT2D eigenvalue weighted by Crippen LogP contribution is -3.15. The molecule has 2 amide bonds. The van der Waals surface area contributed by atoms with Crippen LogP contribution in [-0.2, 0) is 16.0 Å². The Hall–Kier alpha value is -1.88. The van der Waals surface area contributed by atoms with Crippen LogP contribution in [0.3, 0.4) is 0 Å². The predicted molar refractivity (Wildman–Crippen MR) is 84.4 cm³/mol. The number of benzene rings is 1. The van der Waals surface area contributed by atoms with Gasteiger partial charge in [-0.05, 0) is 25.0 Å². The minimum atomic E-state index is -0.243. The van der Waals surface area contributed by atoms with Crippen molar-refractivity contribution in [3.8, 4) is 0 Å². The van der Waals surface area contributed by atoms with E-state index in [0.29, 0.717) is 0 Å². The highest BCUT2D eigenvalue weighted by Gasteiger charge is 2.25. The van der Waals surface area contributed by atoms with Gasteiger partial charge in [0.15, 0.2) is 12.6 Å². The molecule has 2 atom stereocenters. The minimum absolute atomic E-state index is 0.0225. The number of para-hydroxylation sites is 1. The van der Waals surface area contributed by atoms with Gasteiger partial charge in [-0.2, -0.15) is 0 Å². The van der Waals surface area contributed by atoms with Crippen molar-refractivity contribution in [3.05, 3.63) is 29.8 Å². The molecule has 0 heterocycles. The van der Waals surface area contributed by atoms with Gasteiger partial charge in [-0.15, -0.1) is 0 Å². The average molecular weight is 292 g/mol. The molecular weight excluding hydrogens is 266 g/mol. The number of anilines is 1. The van der Waals surface area contributed by atoms with Crippen molar-refractivity contribution in [3.63, 3.8) is 0 Å². The highest BCUT2D eigenvalue weighted by molar-refractivity contribution is 5.92. The average Bonchev–Trinajstić information content (AvgIpc) is 2.45.